The van der Waals surface area contributed by atoms with Gasteiger partial charge in [-0.3, -0.25) is 4.79 Å². The molecule has 20 heteroatoms. The number of nitrogens with one attached hydrogen (secondary N) is 3. The highest BCUT2D eigenvalue weighted by atomic mass is 32.2. The molecule has 4 heterocycles. The second-order valence-corrected chi connectivity index (χ2v) is 16.9. The number of aryl methyl sites for hydroxylation is 2. The van der Waals surface area contributed by atoms with Gasteiger partial charge in [0.25, 0.3) is 5.91 Å². The minimum Gasteiger partial charge on any atom is -0.478 e. The van der Waals surface area contributed by atoms with Crippen molar-refractivity contribution in [1.29, 1.82) is 0 Å². The van der Waals surface area contributed by atoms with Crippen LogP contribution in [0, 0.1) is 43.0 Å². The van der Waals surface area contributed by atoms with E-state index in [1.807, 2.05) is 13.0 Å². The quantitative estimate of drug-likeness (QED) is 0.0583. The number of fused-ring (bicyclic) bond motifs is 2. The number of rotatable bonds is 10. The van der Waals surface area contributed by atoms with E-state index >= 15 is 0 Å². The molecular weight excluding hydrogens is 899 g/mol. The lowest BCUT2D eigenvalue weighted by Crippen LogP contribution is -2.43. The molecule has 2 aromatic heterocycles. The van der Waals surface area contributed by atoms with Crippen LogP contribution < -0.4 is 25.8 Å². The van der Waals surface area contributed by atoms with Crippen LogP contribution in [0.1, 0.15) is 55.8 Å². The molecule has 14 nitrogen and oxygen atoms in total. The monoisotopic (exact) mass is 937 g/mol. The Morgan fingerprint density at radius 2 is 1.11 bits per heavy atom. The number of carboxylic acid groups (broad SMARTS) is 1. The second-order valence-electron chi connectivity index (χ2n) is 15.4. The van der Waals surface area contributed by atoms with Crippen LogP contribution in [-0.2, 0) is 13.1 Å². The van der Waals surface area contributed by atoms with Crippen LogP contribution in [0.2, 0.25) is 0 Å². The molecule has 66 heavy (non-hydrogen) atoms. The predicted molar refractivity (Wildman–Crippen MR) is 241 cm³/mol. The van der Waals surface area contributed by atoms with Gasteiger partial charge in [0.15, 0.2) is 21.9 Å². The summed E-state index contributed by atoms with van der Waals surface area (Å²) in [5.41, 5.74) is 4.12. The second kappa shape index (κ2) is 18.8. The van der Waals surface area contributed by atoms with Gasteiger partial charge in [0.1, 0.15) is 34.6 Å². The van der Waals surface area contributed by atoms with Gasteiger partial charge in [0.05, 0.1) is 30.0 Å². The van der Waals surface area contributed by atoms with Crippen molar-refractivity contribution in [3.05, 3.63) is 129 Å². The SMILES string of the molecule is CSc1nc(-c2cc(C(=O)NCC3CC3)ccc2C)c2c(n1)N(c1c(F)cccc1F)C(=O)NC2.CSc1nc(-c2cc(C(=O)O)ccc2C)c2c(n1)N(c1c(F)cccc1F)C(=O)NC2. The number of para-hydroxylation sites is 2. The highest BCUT2D eigenvalue weighted by Gasteiger charge is 2.36. The zero-order chi connectivity index (χ0) is 47.0. The summed E-state index contributed by atoms with van der Waals surface area (Å²) in [6.07, 6.45) is 5.77. The molecule has 6 aromatic rings. The topological polar surface area (TPSA) is 183 Å². The first kappa shape index (κ1) is 45.5. The Kier molecular flexibility index (Phi) is 13.0. The van der Waals surface area contributed by atoms with Crippen LogP contribution >= 0.6 is 23.5 Å². The molecule has 4 N–H and O–H groups in total. The highest BCUT2D eigenvalue weighted by molar-refractivity contribution is 7.98. The van der Waals surface area contributed by atoms with E-state index in [2.05, 4.69) is 35.9 Å². The van der Waals surface area contributed by atoms with Crippen molar-refractivity contribution in [2.75, 3.05) is 28.9 Å². The normalized spacial score (nSPS) is 14.1. The first-order valence-electron chi connectivity index (χ1n) is 20.4. The number of halogens is 4. The first-order valence-corrected chi connectivity index (χ1v) is 22.8. The van der Waals surface area contributed by atoms with Gasteiger partial charge in [0, 0.05) is 34.4 Å². The number of amides is 5. The van der Waals surface area contributed by atoms with Gasteiger partial charge in [0.2, 0.25) is 0 Å². The minimum absolute atomic E-state index is 0.0153. The average molecular weight is 938 g/mol. The molecule has 0 radical (unpaired) electrons. The van der Waals surface area contributed by atoms with Crippen LogP contribution in [0.4, 0.5) is 50.2 Å². The van der Waals surface area contributed by atoms with Crippen LogP contribution in [0.3, 0.4) is 0 Å². The van der Waals surface area contributed by atoms with Gasteiger partial charge in [-0.15, -0.1) is 0 Å². The zero-order valence-corrected chi connectivity index (χ0v) is 37.3. The Bertz CT molecular complexity index is 2940. The number of nitrogens with zero attached hydrogens (tertiary/aromatic N) is 6. The van der Waals surface area contributed by atoms with Gasteiger partial charge in [-0.2, -0.15) is 0 Å². The van der Waals surface area contributed by atoms with Gasteiger partial charge in [-0.1, -0.05) is 47.8 Å². The number of hydrogen-bond acceptors (Lipinski definition) is 10. The summed E-state index contributed by atoms with van der Waals surface area (Å²) in [5, 5.41) is 18.2. The number of anilines is 4. The van der Waals surface area contributed by atoms with Crippen LogP contribution in [-0.4, -0.2) is 68.0 Å². The number of urea groups is 2. The van der Waals surface area contributed by atoms with E-state index in [1.165, 1.54) is 47.8 Å². The largest absolute Gasteiger partial charge is 0.478 e. The van der Waals surface area contributed by atoms with Gasteiger partial charge < -0.3 is 21.1 Å². The van der Waals surface area contributed by atoms with E-state index in [4.69, 9.17) is 0 Å². The van der Waals surface area contributed by atoms with Crippen molar-refractivity contribution in [2.24, 2.45) is 5.92 Å². The molecule has 338 valence electrons. The molecule has 2 aliphatic heterocycles. The Balaban J connectivity index is 0.000000181. The first-order chi connectivity index (χ1) is 31.7. The molecule has 5 amide bonds. The summed E-state index contributed by atoms with van der Waals surface area (Å²) in [6, 6.07) is 15.3. The molecular formula is C46H39F4N9O5S2. The van der Waals surface area contributed by atoms with Crippen molar-refractivity contribution >= 4 is 70.5 Å². The molecule has 4 aromatic carbocycles. The third kappa shape index (κ3) is 8.97. The fourth-order valence-electron chi connectivity index (χ4n) is 7.42. The lowest BCUT2D eigenvalue weighted by atomic mass is 9.97. The summed E-state index contributed by atoms with van der Waals surface area (Å²) < 4.78 is 58.5. The maximum Gasteiger partial charge on any atom is 0.335 e. The van der Waals surface area contributed by atoms with E-state index in [9.17, 15) is 41.8 Å². The van der Waals surface area contributed by atoms with E-state index in [0.717, 1.165) is 58.0 Å². The zero-order valence-electron chi connectivity index (χ0n) is 35.6. The number of hydrogen-bond donors (Lipinski definition) is 4. The van der Waals surface area contributed by atoms with Gasteiger partial charge in [-0.25, -0.2) is 61.7 Å². The van der Waals surface area contributed by atoms with Crippen LogP contribution in [0.15, 0.2) is 83.1 Å². The summed E-state index contributed by atoms with van der Waals surface area (Å²) in [5.74, 6) is -4.18. The molecule has 0 atom stereocenters. The molecule has 1 fully saturated rings. The highest BCUT2D eigenvalue weighted by Crippen LogP contribution is 2.41. The van der Waals surface area contributed by atoms with Crippen molar-refractivity contribution in [2.45, 2.75) is 50.1 Å². The molecule has 0 saturated heterocycles. The Morgan fingerprint density at radius 3 is 1.52 bits per heavy atom. The average Bonchev–Trinajstić information content (AvgIpc) is 4.14. The number of carboxylic acids is 1. The lowest BCUT2D eigenvalue weighted by molar-refractivity contribution is 0.0696. The number of benzene rings is 4. The molecule has 3 aliphatic rings. The standard InChI is InChI=1S/C25H23F2N5O2S.C21H16F2N4O3S/c1-13-6-9-15(23(33)28-11-14-7-8-14)10-16(13)20-17-12-29-25(34)32(22(17)31-24(30-20)35-2)21-18(26)4-3-5-19(21)27;1-10-6-7-11(19(28)29)8-12(10)16-13-9-24-21(30)27(18(13)26-20(25-16)31-2)17-14(22)4-3-5-15(17)23/h3-6,9-10,14H,7-8,11-12H2,1-2H3,(H,28,33)(H,29,34);3-8H,9H2,1-2H3,(H,24,30)(H,28,29). The number of carbonyl (C=O) groups excluding carboxylic acids is 3. The summed E-state index contributed by atoms with van der Waals surface area (Å²) in [4.78, 5) is 69.5. The Labute approximate surface area is 383 Å². The van der Waals surface area contributed by atoms with Crippen LogP contribution in [0.5, 0.6) is 0 Å². The lowest BCUT2D eigenvalue weighted by Gasteiger charge is -2.30. The fourth-order valence-corrected chi connectivity index (χ4v) is 8.14. The molecule has 0 spiro atoms. The molecule has 0 bridgehead atoms. The van der Waals surface area contributed by atoms with E-state index in [1.54, 1.807) is 37.6 Å². The molecule has 9 rings (SSSR count). The van der Waals surface area contributed by atoms with Crippen molar-refractivity contribution in [1.82, 2.24) is 35.9 Å². The summed E-state index contributed by atoms with van der Waals surface area (Å²) >= 11 is 2.43. The van der Waals surface area contributed by atoms with Crippen LogP contribution in [0.25, 0.3) is 22.5 Å². The van der Waals surface area contributed by atoms with Gasteiger partial charge in [-0.05, 0) is 105 Å². The number of carbonyl (C=O) groups is 4. The maximum atomic E-state index is 14.7. The smallest absolute Gasteiger partial charge is 0.335 e. The fraction of sp³-hybridized carbons (Fsp3) is 0.217. The van der Waals surface area contributed by atoms with Gasteiger partial charge >= 0.3 is 18.0 Å². The summed E-state index contributed by atoms with van der Waals surface area (Å²) in [7, 11) is 0. The Morgan fingerprint density at radius 1 is 0.682 bits per heavy atom. The molecule has 1 aliphatic carbocycles. The predicted octanol–water partition coefficient (Wildman–Crippen LogP) is 9.46. The summed E-state index contributed by atoms with van der Waals surface area (Å²) in [6.45, 7) is 4.43. The number of aromatic nitrogens is 4. The third-order valence-corrected chi connectivity index (χ3v) is 12.1. The maximum absolute atomic E-state index is 14.7. The van der Waals surface area contributed by atoms with Crippen molar-refractivity contribution in [3.63, 3.8) is 0 Å². The minimum atomic E-state index is -1.10. The van der Waals surface area contributed by atoms with Crippen molar-refractivity contribution < 1.29 is 41.8 Å². The Hall–Kier alpha value is -7.06. The van der Waals surface area contributed by atoms with E-state index in [0.29, 0.717) is 56.8 Å². The number of thioether (sulfide) groups is 2. The number of aromatic carboxylic acids is 1. The third-order valence-electron chi connectivity index (χ3n) is 11.0. The van der Waals surface area contributed by atoms with Crippen molar-refractivity contribution in [3.8, 4) is 22.5 Å². The van der Waals surface area contributed by atoms with E-state index < -0.39 is 52.7 Å². The molecule has 1 saturated carbocycles. The molecule has 0 unspecified atom stereocenters. The van der Waals surface area contributed by atoms with E-state index in [-0.39, 0.29) is 41.4 Å².